The van der Waals surface area contributed by atoms with E-state index in [1.165, 1.54) is 22.3 Å². The maximum Gasteiger partial charge on any atom is 0.0476 e. The molecular formula is C19H26N2. The van der Waals surface area contributed by atoms with Crippen LogP contribution >= 0.6 is 0 Å². The molecule has 0 heterocycles. The van der Waals surface area contributed by atoms with Crippen molar-refractivity contribution in [1.82, 2.24) is 4.90 Å². The van der Waals surface area contributed by atoms with Crippen LogP contribution in [-0.2, 0) is 6.54 Å². The van der Waals surface area contributed by atoms with E-state index in [1.807, 2.05) is 0 Å². The Kier molecular flexibility index (Phi) is 5.54. The molecule has 2 nitrogen and oxygen atoms in total. The van der Waals surface area contributed by atoms with Gasteiger partial charge in [0, 0.05) is 19.1 Å². The van der Waals surface area contributed by atoms with Crippen LogP contribution in [0.4, 0.5) is 0 Å². The summed E-state index contributed by atoms with van der Waals surface area (Å²) in [6, 6.07) is 17.4. The lowest BCUT2D eigenvalue weighted by atomic mass is 9.96. The molecule has 0 aromatic heterocycles. The highest BCUT2D eigenvalue weighted by Crippen LogP contribution is 2.26. The summed E-state index contributed by atoms with van der Waals surface area (Å²) in [4.78, 5) is 2.46. The van der Waals surface area contributed by atoms with Gasteiger partial charge in [0.05, 0.1) is 0 Å². The summed E-state index contributed by atoms with van der Waals surface area (Å²) in [7, 11) is 0. The van der Waals surface area contributed by atoms with E-state index in [0.717, 1.165) is 13.1 Å². The van der Waals surface area contributed by atoms with E-state index in [4.69, 9.17) is 5.73 Å². The third-order valence-electron chi connectivity index (χ3n) is 4.30. The van der Waals surface area contributed by atoms with Crippen LogP contribution in [0.5, 0.6) is 0 Å². The van der Waals surface area contributed by atoms with Crippen LogP contribution in [0.1, 0.15) is 35.2 Å². The smallest absolute Gasteiger partial charge is 0.0476 e. The molecule has 2 N–H and O–H groups in total. The van der Waals surface area contributed by atoms with Crippen LogP contribution in [0.2, 0.25) is 0 Å². The lowest BCUT2D eigenvalue weighted by molar-refractivity contribution is 0.203. The zero-order chi connectivity index (χ0) is 15.2. The molecule has 2 rings (SSSR count). The number of hydrogen-bond donors (Lipinski definition) is 1. The second kappa shape index (κ2) is 7.39. The molecule has 0 amide bonds. The molecule has 0 saturated carbocycles. The standard InChI is InChI=1S/C19H26N2/c1-4-21(14-17-10-6-5-7-11-17)19(13-20)18-12-8-9-15(2)16(18)3/h5-12,19H,4,13-14,20H2,1-3H3. The van der Waals surface area contributed by atoms with Crippen LogP contribution < -0.4 is 5.73 Å². The summed E-state index contributed by atoms with van der Waals surface area (Å²) >= 11 is 0. The largest absolute Gasteiger partial charge is 0.329 e. The van der Waals surface area contributed by atoms with Crippen LogP contribution in [0.3, 0.4) is 0 Å². The average Bonchev–Trinajstić information content (AvgIpc) is 2.52. The molecule has 21 heavy (non-hydrogen) atoms. The number of aryl methyl sites for hydroxylation is 1. The predicted molar refractivity (Wildman–Crippen MR) is 90.2 cm³/mol. The van der Waals surface area contributed by atoms with Crippen molar-refractivity contribution in [3.63, 3.8) is 0 Å². The van der Waals surface area contributed by atoms with Crippen molar-refractivity contribution in [2.45, 2.75) is 33.4 Å². The summed E-state index contributed by atoms with van der Waals surface area (Å²) in [6.07, 6.45) is 0. The molecule has 1 unspecified atom stereocenters. The van der Waals surface area contributed by atoms with Gasteiger partial charge in [0.25, 0.3) is 0 Å². The van der Waals surface area contributed by atoms with E-state index in [2.05, 4.69) is 74.2 Å². The second-order valence-electron chi connectivity index (χ2n) is 5.59. The molecule has 1 atom stereocenters. The fourth-order valence-electron chi connectivity index (χ4n) is 2.87. The highest BCUT2D eigenvalue weighted by molar-refractivity contribution is 5.35. The first-order valence-electron chi connectivity index (χ1n) is 7.71. The maximum absolute atomic E-state index is 6.11. The molecule has 0 spiro atoms. The van der Waals surface area contributed by atoms with E-state index < -0.39 is 0 Å². The Labute approximate surface area is 128 Å². The van der Waals surface area contributed by atoms with Crippen molar-refractivity contribution in [2.24, 2.45) is 5.73 Å². The van der Waals surface area contributed by atoms with Gasteiger partial charge in [0.2, 0.25) is 0 Å². The molecule has 2 aromatic carbocycles. The van der Waals surface area contributed by atoms with E-state index in [-0.39, 0.29) is 6.04 Å². The van der Waals surface area contributed by atoms with Crippen molar-refractivity contribution in [3.8, 4) is 0 Å². The molecule has 0 saturated heterocycles. The third-order valence-corrected chi connectivity index (χ3v) is 4.30. The fraction of sp³-hybridized carbons (Fsp3) is 0.368. The maximum atomic E-state index is 6.11. The van der Waals surface area contributed by atoms with Gasteiger partial charge in [-0.1, -0.05) is 55.5 Å². The molecule has 112 valence electrons. The van der Waals surface area contributed by atoms with Crippen molar-refractivity contribution in [1.29, 1.82) is 0 Å². The van der Waals surface area contributed by atoms with Gasteiger partial charge in [-0.05, 0) is 42.6 Å². The summed E-state index contributed by atoms with van der Waals surface area (Å²) in [5, 5.41) is 0. The van der Waals surface area contributed by atoms with Gasteiger partial charge in [-0.25, -0.2) is 0 Å². The third kappa shape index (κ3) is 3.72. The van der Waals surface area contributed by atoms with Crippen molar-refractivity contribution < 1.29 is 0 Å². The summed E-state index contributed by atoms with van der Waals surface area (Å²) < 4.78 is 0. The van der Waals surface area contributed by atoms with Gasteiger partial charge in [0.1, 0.15) is 0 Å². The number of likely N-dealkylation sites (N-methyl/N-ethyl adjacent to an activating group) is 1. The Morgan fingerprint density at radius 3 is 2.33 bits per heavy atom. The van der Waals surface area contributed by atoms with E-state index in [9.17, 15) is 0 Å². The summed E-state index contributed by atoms with van der Waals surface area (Å²) in [5.41, 5.74) is 11.5. The Balaban J connectivity index is 2.27. The molecular weight excluding hydrogens is 256 g/mol. The van der Waals surface area contributed by atoms with Crippen LogP contribution in [0.15, 0.2) is 48.5 Å². The van der Waals surface area contributed by atoms with Gasteiger partial charge < -0.3 is 5.73 Å². The van der Waals surface area contributed by atoms with Crippen molar-refractivity contribution in [3.05, 3.63) is 70.8 Å². The van der Waals surface area contributed by atoms with Crippen LogP contribution in [0.25, 0.3) is 0 Å². The van der Waals surface area contributed by atoms with Gasteiger partial charge >= 0.3 is 0 Å². The molecule has 2 aromatic rings. The molecule has 0 fully saturated rings. The SMILES string of the molecule is CCN(Cc1ccccc1)C(CN)c1cccc(C)c1C. The van der Waals surface area contributed by atoms with Crippen LogP contribution in [-0.4, -0.2) is 18.0 Å². The molecule has 0 aliphatic rings. The van der Waals surface area contributed by atoms with Gasteiger partial charge in [0.15, 0.2) is 0 Å². The predicted octanol–water partition coefficient (Wildman–Crippen LogP) is 3.83. The highest BCUT2D eigenvalue weighted by Gasteiger charge is 2.20. The van der Waals surface area contributed by atoms with Gasteiger partial charge in [-0.15, -0.1) is 0 Å². The molecule has 0 aliphatic carbocycles. The van der Waals surface area contributed by atoms with E-state index in [0.29, 0.717) is 6.54 Å². The summed E-state index contributed by atoms with van der Waals surface area (Å²) in [5.74, 6) is 0. The number of hydrogen-bond acceptors (Lipinski definition) is 2. The first kappa shape index (κ1) is 15.7. The van der Waals surface area contributed by atoms with E-state index in [1.54, 1.807) is 0 Å². The number of nitrogens with two attached hydrogens (primary N) is 1. The second-order valence-corrected chi connectivity index (χ2v) is 5.59. The lowest BCUT2D eigenvalue weighted by Gasteiger charge is -2.31. The minimum atomic E-state index is 0.273. The van der Waals surface area contributed by atoms with Crippen molar-refractivity contribution >= 4 is 0 Å². The zero-order valence-corrected chi connectivity index (χ0v) is 13.3. The van der Waals surface area contributed by atoms with Crippen LogP contribution in [0, 0.1) is 13.8 Å². The topological polar surface area (TPSA) is 29.3 Å². The van der Waals surface area contributed by atoms with Gasteiger partial charge in [-0.2, -0.15) is 0 Å². The average molecular weight is 282 g/mol. The normalized spacial score (nSPS) is 12.6. The molecule has 2 heteroatoms. The minimum absolute atomic E-state index is 0.273. The fourth-order valence-corrected chi connectivity index (χ4v) is 2.87. The quantitative estimate of drug-likeness (QED) is 0.872. The van der Waals surface area contributed by atoms with Crippen molar-refractivity contribution in [2.75, 3.05) is 13.1 Å². The summed E-state index contributed by atoms with van der Waals surface area (Å²) in [6.45, 7) is 9.14. The Morgan fingerprint density at radius 1 is 1.00 bits per heavy atom. The first-order valence-corrected chi connectivity index (χ1v) is 7.71. The number of rotatable bonds is 6. The highest BCUT2D eigenvalue weighted by atomic mass is 15.2. The lowest BCUT2D eigenvalue weighted by Crippen LogP contribution is -2.33. The zero-order valence-electron chi connectivity index (χ0n) is 13.3. The molecule has 0 bridgehead atoms. The molecule has 0 radical (unpaired) electrons. The number of benzene rings is 2. The van der Waals surface area contributed by atoms with Gasteiger partial charge in [-0.3, -0.25) is 4.90 Å². The number of nitrogens with zero attached hydrogens (tertiary/aromatic N) is 1. The Morgan fingerprint density at radius 2 is 1.71 bits per heavy atom. The molecule has 0 aliphatic heterocycles. The first-order chi connectivity index (χ1) is 10.2. The minimum Gasteiger partial charge on any atom is -0.329 e. The van der Waals surface area contributed by atoms with E-state index >= 15 is 0 Å². The Hall–Kier alpha value is -1.64. The Bertz CT molecular complexity index is 563. The monoisotopic (exact) mass is 282 g/mol.